The molecular formula is C28H23N3. The largest absolute Gasteiger partial charge is 0.309 e. The molecule has 1 aliphatic rings. The van der Waals surface area contributed by atoms with E-state index in [1.807, 2.05) is 24.3 Å². The van der Waals surface area contributed by atoms with Crippen molar-refractivity contribution < 1.29 is 0 Å². The minimum atomic E-state index is 0.562. The van der Waals surface area contributed by atoms with Gasteiger partial charge in [0, 0.05) is 35.8 Å². The number of hydrogen-bond acceptors (Lipinski definition) is 3. The molecule has 3 nitrogen and oxygen atoms in total. The molecule has 0 radical (unpaired) electrons. The smallest absolute Gasteiger partial charge is 0.101 e. The summed E-state index contributed by atoms with van der Waals surface area (Å²) in [6.07, 6.45) is 2.85. The van der Waals surface area contributed by atoms with E-state index in [-0.39, 0.29) is 0 Å². The van der Waals surface area contributed by atoms with Crippen molar-refractivity contribution in [3.05, 3.63) is 114 Å². The Kier molecular flexibility index (Phi) is 5.31. The van der Waals surface area contributed by atoms with Gasteiger partial charge in [0.1, 0.15) is 6.07 Å². The molecule has 0 amide bonds. The zero-order valence-electron chi connectivity index (χ0n) is 17.2. The van der Waals surface area contributed by atoms with E-state index in [0.29, 0.717) is 17.5 Å². The van der Waals surface area contributed by atoms with Gasteiger partial charge in [-0.2, -0.15) is 5.26 Å². The van der Waals surface area contributed by atoms with E-state index >= 15 is 0 Å². The number of nitrogens with zero attached hydrogens (tertiary/aromatic N) is 2. The maximum atomic E-state index is 9.31. The van der Waals surface area contributed by atoms with Crippen LogP contribution < -0.4 is 5.32 Å². The molecular weight excluding hydrogens is 378 g/mol. The first-order valence-electron chi connectivity index (χ1n) is 10.6. The monoisotopic (exact) mass is 401 g/mol. The minimum Gasteiger partial charge on any atom is -0.309 e. The molecule has 5 rings (SSSR count). The average molecular weight is 402 g/mol. The van der Waals surface area contributed by atoms with E-state index in [0.717, 1.165) is 28.9 Å². The van der Waals surface area contributed by atoms with Crippen molar-refractivity contribution >= 4 is 0 Å². The summed E-state index contributed by atoms with van der Waals surface area (Å²) in [7, 11) is 0. The fourth-order valence-electron chi connectivity index (χ4n) is 4.11. The maximum absolute atomic E-state index is 9.31. The van der Waals surface area contributed by atoms with Gasteiger partial charge in [-0.25, -0.2) is 0 Å². The molecule has 1 heterocycles. The van der Waals surface area contributed by atoms with Crippen LogP contribution in [0.15, 0.2) is 97.2 Å². The van der Waals surface area contributed by atoms with Gasteiger partial charge in [0.2, 0.25) is 0 Å². The normalized spacial score (nSPS) is 17.1. The molecule has 0 saturated heterocycles. The van der Waals surface area contributed by atoms with Crippen LogP contribution in [0.1, 0.15) is 29.0 Å². The quantitative estimate of drug-likeness (QED) is 0.435. The van der Waals surface area contributed by atoms with Gasteiger partial charge in [0.25, 0.3) is 0 Å². The van der Waals surface area contributed by atoms with Crippen LogP contribution in [0.5, 0.6) is 0 Å². The highest BCUT2D eigenvalue weighted by Crippen LogP contribution is 2.40. The lowest BCUT2D eigenvalue weighted by Gasteiger charge is -2.11. The predicted octanol–water partition coefficient (Wildman–Crippen LogP) is 5.93. The van der Waals surface area contributed by atoms with Crippen LogP contribution in [0.3, 0.4) is 0 Å². The number of aromatic nitrogens is 1. The zero-order chi connectivity index (χ0) is 21.0. The van der Waals surface area contributed by atoms with Gasteiger partial charge in [-0.1, -0.05) is 84.9 Å². The van der Waals surface area contributed by atoms with Gasteiger partial charge in [0.15, 0.2) is 0 Å². The summed E-state index contributed by atoms with van der Waals surface area (Å²) in [5.41, 5.74) is 7.26. The van der Waals surface area contributed by atoms with Crippen molar-refractivity contribution in [1.29, 1.82) is 5.26 Å². The molecule has 1 aliphatic carbocycles. The third-order valence-electron chi connectivity index (χ3n) is 5.92. The number of pyridine rings is 1. The van der Waals surface area contributed by atoms with Crippen molar-refractivity contribution in [3.8, 4) is 28.5 Å². The molecule has 0 spiro atoms. The minimum absolute atomic E-state index is 0.562. The lowest BCUT2D eigenvalue weighted by molar-refractivity contribution is 0.673. The maximum Gasteiger partial charge on any atom is 0.101 e. The second-order valence-electron chi connectivity index (χ2n) is 8.04. The number of rotatable bonds is 6. The van der Waals surface area contributed by atoms with Crippen LogP contribution in [-0.2, 0) is 6.54 Å². The molecule has 31 heavy (non-hydrogen) atoms. The Labute approximate surface area is 183 Å². The summed E-state index contributed by atoms with van der Waals surface area (Å²) in [6, 6.07) is 34.1. The second-order valence-corrected chi connectivity index (χ2v) is 8.04. The predicted molar refractivity (Wildman–Crippen MR) is 124 cm³/mol. The zero-order valence-corrected chi connectivity index (χ0v) is 17.2. The van der Waals surface area contributed by atoms with Crippen molar-refractivity contribution in [1.82, 2.24) is 10.3 Å². The van der Waals surface area contributed by atoms with Gasteiger partial charge >= 0.3 is 0 Å². The van der Waals surface area contributed by atoms with E-state index < -0.39 is 0 Å². The summed E-state index contributed by atoms with van der Waals surface area (Å²) in [6.45, 7) is 0.862. The van der Waals surface area contributed by atoms with Crippen LogP contribution in [0, 0.1) is 11.3 Å². The Morgan fingerprint density at radius 3 is 2.29 bits per heavy atom. The summed E-state index contributed by atoms with van der Waals surface area (Å²) < 4.78 is 0. The Bertz CT molecular complexity index is 1210. The molecule has 0 unspecified atom stereocenters. The van der Waals surface area contributed by atoms with Crippen LogP contribution in [0.4, 0.5) is 0 Å². The molecule has 3 heteroatoms. The number of nitriles is 1. The highest BCUT2D eigenvalue weighted by Gasteiger charge is 2.37. The van der Waals surface area contributed by atoms with Crippen LogP contribution in [0.25, 0.3) is 22.4 Å². The Balaban J connectivity index is 1.31. The third kappa shape index (κ3) is 4.26. The lowest BCUT2D eigenvalue weighted by atomic mass is 9.97. The van der Waals surface area contributed by atoms with E-state index in [4.69, 9.17) is 0 Å². The van der Waals surface area contributed by atoms with Crippen LogP contribution in [0.2, 0.25) is 0 Å². The molecule has 2 atom stereocenters. The summed E-state index contributed by atoms with van der Waals surface area (Å²) in [5.74, 6) is 0.636. The molecule has 1 fully saturated rings. The first-order valence-corrected chi connectivity index (χ1v) is 10.6. The number of nitrogens with one attached hydrogen (secondary N) is 1. The van der Waals surface area contributed by atoms with Crippen molar-refractivity contribution in [3.63, 3.8) is 0 Å². The molecule has 0 bridgehead atoms. The van der Waals surface area contributed by atoms with Gasteiger partial charge in [0.05, 0.1) is 11.3 Å². The molecule has 150 valence electrons. The summed E-state index contributed by atoms with van der Waals surface area (Å²) >= 11 is 0. The molecule has 0 aliphatic heterocycles. The molecule has 1 saturated carbocycles. The van der Waals surface area contributed by atoms with Crippen LogP contribution >= 0.6 is 0 Å². The lowest BCUT2D eigenvalue weighted by Crippen LogP contribution is -2.17. The standard InChI is InChI=1S/C28H23N3/c29-17-21-15-26(23-9-5-2-6-10-23)28(31-19-21)24-13-11-20(12-14-24)18-30-27-16-25(27)22-7-3-1-4-8-22/h1-15,19,25,27,30H,16,18H2/t25-,27+/m1/s1. The molecule has 4 aromatic rings. The summed E-state index contributed by atoms with van der Waals surface area (Å²) in [5, 5.41) is 13.0. The summed E-state index contributed by atoms with van der Waals surface area (Å²) in [4.78, 5) is 4.62. The van der Waals surface area contributed by atoms with Crippen molar-refractivity contribution in [2.45, 2.75) is 24.9 Å². The number of benzene rings is 3. The van der Waals surface area contributed by atoms with Gasteiger partial charge in [-0.05, 0) is 29.2 Å². The van der Waals surface area contributed by atoms with Crippen LogP contribution in [-0.4, -0.2) is 11.0 Å². The molecule has 3 aromatic carbocycles. The highest BCUT2D eigenvalue weighted by atomic mass is 15.0. The molecule has 1 N–H and O–H groups in total. The SMILES string of the molecule is N#Cc1cnc(-c2ccc(CN[C@H]3C[C@@H]3c3ccccc3)cc2)c(-c2ccccc2)c1. The Hall–Kier alpha value is -3.74. The first kappa shape index (κ1) is 19.2. The molecule has 1 aromatic heterocycles. The number of hydrogen-bond donors (Lipinski definition) is 1. The first-order chi connectivity index (χ1) is 15.3. The highest BCUT2D eigenvalue weighted by molar-refractivity contribution is 5.81. The van der Waals surface area contributed by atoms with Gasteiger partial charge in [-0.15, -0.1) is 0 Å². The third-order valence-corrected chi connectivity index (χ3v) is 5.92. The fraction of sp³-hybridized carbons (Fsp3) is 0.143. The van der Waals surface area contributed by atoms with Crippen molar-refractivity contribution in [2.75, 3.05) is 0 Å². The van der Waals surface area contributed by atoms with Gasteiger partial charge < -0.3 is 5.32 Å². The average Bonchev–Trinajstić information content (AvgIpc) is 3.64. The van der Waals surface area contributed by atoms with E-state index in [1.54, 1.807) is 6.20 Å². The van der Waals surface area contributed by atoms with E-state index in [1.165, 1.54) is 17.5 Å². The fourth-order valence-corrected chi connectivity index (χ4v) is 4.11. The Morgan fingerprint density at radius 2 is 1.58 bits per heavy atom. The van der Waals surface area contributed by atoms with E-state index in [9.17, 15) is 5.26 Å². The Morgan fingerprint density at radius 1 is 0.871 bits per heavy atom. The second kappa shape index (κ2) is 8.55. The van der Waals surface area contributed by atoms with Crippen molar-refractivity contribution in [2.24, 2.45) is 0 Å². The van der Waals surface area contributed by atoms with E-state index in [2.05, 4.69) is 83.1 Å². The topological polar surface area (TPSA) is 48.7 Å². The van der Waals surface area contributed by atoms with Gasteiger partial charge in [-0.3, -0.25) is 4.98 Å².